The molecule has 1 amide bonds. The molecule has 140 valence electrons. The van der Waals surface area contributed by atoms with E-state index in [1.54, 1.807) is 18.3 Å². The molecule has 1 N–H and O–H groups in total. The van der Waals surface area contributed by atoms with Gasteiger partial charge >= 0.3 is 0 Å². The van der Waals surface area contributed by atoms with Crippen LogP contribution in [-0.4, -0.2) is 24.1 Å². The van der Waals surface area contributed by atoms with Crippen LogP contribution in [0.5, 0.6) is 11.5 Å². The number of ether oxygens (including phenoxy) is 2. The zero-order valence-electron chi connectivity index (χ0n) is 14.9. The summed E-state index contributed by atoms with van der Waals surface area (Å²) < 4.78 is 11.0. The summed E-state index contributed by atoms with van der Waals surface area (Å²) in [7, 11) is 0. The van der Waals surface area contributed by atoms with Crippen LogP contribution in [0.1, 0.15) is 21.6 Å². The summed E-state index contributed by atoms with van der Waals surface area (Å²) in [5.41, 5.74) is 2.90. The van der Waals surface area contributed by atoms with Gasteiger partial charge in [0, 0.05) is 17.4 Å². The van der Waals surface area contributed by atoms with Gasteiger partial charge in [-0.25, -0.2) is 0 Å². The summed E-state index contributed by atoms with van der Waals surface area (Å²) >= 11 is 6.22. The molecule has 0 atom stereocenters. The summed E-state index contributed by atoms with van der Waals surface area (Å²) in [6, 6.07) is 16.5. The number of nitrogens with zero attached hydrogens (tertiary/aromatic N) is 1. The monoisotopic (exact) mass is 392 g/mol. The number of fused-ring (bicyclic) bond motifs is 1. The molecular weight excluding hydrogens is 376 g/mol. The lowest BCUT2D eigenvalue weighted by Crippen LogP contribution is -2.17. The lowest BCUT2D eigenvalue weighted by molar-refractivity contribution is 0.102. The van der Waals surface area contributed by atoms with Gasteiger partial charge in [-0.1, -0.05) is 35.9 Å². The molecule has 0 saturated heterocycles. The van der Waals surface area contributed by atoms with E-state index in [0.29, 0.717) is 41.0 Å². The quantitative estimate of drug-likeness (QED) is 0.684. The first-order valence-corrected chi connectivity index (χ1v) is 9.16. The fourth-order valence-electron chi connectivity index (χ4n) is 2.82. The second-order valence-electron chi connectivity index (χ2n) is 6.15. The zero-order valence-corrected chi connectivity index (χ0v) is 15.6. The average Bonchev–Trinajstić information content (AvgIpc) is 2.73. The highest BCUT2D eigenvalue weighted by atomic mass is 35.5. The van der Waals surface area contributed by atoms with E-state index in [-0.39, 0.29) is 5.91 Å². The van der Waals surface area contributed by atoms with Crippen molar-refractivity contribution in [3.63, 3.8) is 0 Å². The van der Waals surface area contributed by atoms with Crippen LogP contribution in [0, 0.1) is 0 Å². The third-order valence-corrected chi connectivity index (χ3v) is 4.42. The minimum absolute atomic E-state index is 0.273. The standard InChI is InChI=1S/C22H17ClN2O3/c23-19-13-16(14-20-21(19)28-11-10-27-20)22(26)25-18-6-3-4-15(12-18)7-8-17-5-1-2-9-24-17/h1-9,12-14H,10-11H2,(H,25,26)/b8-7+. The van der Waals surface area contributed by atoms with Crippen molar-refractivity contribution in [1.29, 1.82) is 0 Å². The first-order chi connectivity index (χ1) is 13.7. The number of hydrogen-bond acceptors (Lipinski definition) is 4. The molecule has 1 aliphatic heterocycles. The van der Waals surface area contributed by atoms with Gasteiger partial charge in [-0.3, -0.25) is 9.78 Å². The number of aromatic nitrogens is 1. The molecule has 0 aliphatic carbocycles. The van der Waals surface area contributed by atoms with E-state index in [1.807, 2.05) is 54.6 Å². The van der Waals surface area contributed by atoms with Crippen molar-refractivity contribution >= 4 is 35.3 Å². The van der Waals surface area contributed by atoms with Crippen LogP contribution < -0.4 is 14.8 Å². The van der Waals surface area contributed by atoms with Gasteiger partial charge in [0.15, 0.2) is 11.5 Å². The summed E-state index contributed by atoms with van der Waals surface area (Å²) in [5.74, 6) is 0.687. The number of pyridine rings is 1. The topological polar surface area (TPSA) is 60.5 Å². The second-order valence-corrected chi connectivity index (χ2v) is 6.56. The van der Waals surface area contributed by atoms with Crippen molar-refractivity contribution in [3.05, 3.63) is 82.6 Å². The van der Waals surface area contributed by atoms with Crippen LogP contribution in [-0.2, 0) is 0 Å². The Morgan fingerprint density at radius 3 is 2.79 bits per heavy atom. The molecule has 2 heterocycles. The molecule has 3 aromatic rings. The minimum Gasteiger partial charge on any atom is -0.486 e. The number of rotatable bonds is 4. The fraction of sp³-hybridized carbons (Fsp3) is 0.0909. The van der Waals surface area contributed by atoms with E-state index in [9.17, 15) is 4.79 Å². The molecule has 0 saturated carbocycles. The van der Waals surface area contributed by atoms with Crippen molar-refractivity contribution < 1.29 is 14.3 Å². The maximum atomic E-state index is 12.6. The van der Waals surface area contributed by atoms with Gasteiger partial charge < -0.3 is 14.8 Å². The molecule has 0 spiro atoms. The van der Waals surface area contributed by atoms with Crippen LogP contribution in [0.3, 0.4) is 0 Å². The number of benzene rings is 2. The Labute approximate surface area is 167 Å². The largest absolute Gasteiger partial charge is 0.486 e. The van der Waals surface area contributed by atoms with Crippen molar-refractivity contribution in [2.75, 3.05) is 18.5 Å². The Kier molecular flexibility index (Phi) is 5.26. The smallest absolute Gasteiger partial charge is 0.255 e. The summed E-state index contributed by atoms with van der Waals surface area (Å²) in [5, 5.41) is 3.24. The number of hydrogen-bond donors (Lipinski definition) is 1. The molecule has 0 fully saturated rings. The Bertz CT molecular complexity index is 1040. The van der Waals surface area contributed by atoms with Gasteiger partial charge in [0.2, 0.25) is 0 Å². The number of carbonyl (C=O) groups excluding carboxylic acids is 1. The van der Waals surface area contributed by atoms with Gasteiger partial charge in [0.1, 0.15) is 13.2 Å². The number of amides is 1. The highest BCUT2D eigenvalue weighted by Gasteiger charge is 2.19. The van der Waals surface area contributed by atoms with Gasteiger partial charge in [0.25, 0.3) is 5.91 Å². The first kappa shape index (κ1) is 18.1. The number of carbonyl (C=O) groups is 1. The second kappa shape index (κ2) is 8.15. The van der Waals surface area contributed by atoms with Gasteiger partial charge in [-0.15, -0.1) is 0 Å². The summed E-state index contributed by atoms with van der Waals surface area (Å²) in [4.78, 5) is 16.9. The summed E-state index contributed by atoms with van der Waals surface area (Å²) in [6.07, 6.45) is 5.61. The molecular formula is C22H17ClN2O3. The van der Waals surface area contributed by atoms with E-state index in [4.69, 9.17) is 21.1 Å². The molecule has 4 rings (SSSR count). The third kappa shape index (κ3) is 4.15. The van der Waals surface area contributed by atoms with E-state index in [2.05, 4.69) is 10.3 Å². The van der Waals surface area contributed by atoms with Crippen molar-refractivity contribution in [1.82, 2.24) is 4.98 Å². The van der Waals surface area contributed by atoms with Crippen LogP contribution in [0.4, 0.5) is 5.69 Å². The maximum Gasteiger partial charge on any atom is 0.255 e. The molecule has 1 aliphatic rings. The highest BCUT2D eigenvalue weighted by molar-refractivity contribution is 6.32. The SMILES string of the molecule is O=C(Nc1cccc(/C=C/c2ccccn2)c1)c1cc(Cl)c2c(c1)OCCO2. The van der Waals surface area contributed by atoms with Crippen LogP contribution >= 0.6 is 11.6 Å². The molecule has 0 bridgehead atoms. The Morgan fingerprint density at radius 2 is 1.93 bits per heavy atom. The van der Waals surface area contributed by atoms with Gasteiger partial charge in [0.05, 0.1) is 10.7 Å². The van der Waals surface area contributed by atoms with Gasteiger partial charge in [-0.05, 0) is 48.0 Å². The minimum atomic E-state index is -0.273. The highest BCUT2D eigenvalue weighted by Crippen LogP contribution is 2.38. The van der Waals surface area contributed by atoms with Crippen molar-refractivity contribution in [2.45, 2.75) is 0 Å². The lowest BCUT2D eigenvalue weighted by Gasteiger charge is -2.20. The Balaban J connectivity index is 1.51. The van der Waals surface area contributed by atoms with Crippen LogP contribution in [0.25, 0.3) is 12.2 Å². The van der Waals surface area contributed by atoms with Crippen molar-refractivity contribution in [3.8, 4) is 11.5 Å². The lowest BCUT2D eigenvalue weighted by atomic mass is 10.1. The van der Waals surface area contributed by atoms with Gasteiger partial charge in [-0.2, -0.15) is 0 Å². The normalized spacial score (nSPS) is 12.8. The molecule has 5 nitrogen and oxygen atoms in total. The Morgan fingerprint density at radius 1 is 1.04 bits per heavy atom. The first-order valence-electron chi connectivity index (χ1n) is 8.79. The molecule has 2 aromatic carbocycles. The fourth-order valence-corrected chi connectivity index (χ4v) is 3.09. The third-order valence-electron chi connectivity index (χ3n) is 4.14. The summed E-state index contributed by atoms with van der Waals surface area (Å²) in [6.45, 7) is 0.871. The predicted molar refractivity (Wildman–Crippen MR) is 110 cm³/mol. The number of nitrogens with one attached hydrogen (secondary N) is 1. The zero-order chi connectivity index (χ0) is 19.3. The van der Waals surface area contributed by atoms with E-state index >= 15 is 0 Å². The van der Waals surface area contributed by atoms with E-state index in [0.717, 1.165) is 11.3 Å². The molecule has 28 heavy (non-hydrogen) atoms. The van der Waals surface area contributed by atoms with E-state index < -0.39 is 0 Å². The van der Waals surface area contributed by atoms with Crippen LogP contribution in [0.2, 0.25) is 5.02 Å². The molecule has 1 aromatic heterocycles. The number of halogens is 1. The van der Waals surface area contributed by atoms with E-state index in [1.165, 1.54) is 0 Å². The predicted octanol–water partition coefficient (Wildman–Crippen LogP) is 4.93. The molecule has 6 heteroatoms. The molecule has 0 radical (unpaired) electrons. The molecule has 0 unspecified atom stereocenters. The van der Waals surface area contributed by atoms with Crippen molar-refractivity contribution in [2.24, 2.45) is 0 Å². The average molecular weight is 393 g/mol. The number of anilines is 1. The Hall–Kier alpha value is -3.31. The van der Waals surface area contributed by atoms with Crippen LogP contribution in [0.15, 0.2) is 60.8 Å². The maximum absolute atomic E-state index is 12.6.